The number of anilines is 2. The normalized spacial score (nSPS) is 11.1. The second-order valence-corrected chi connectivity index (χ2v) is 8.35. The first-order valence-electron chi connectivity index (χ1n) is 8.90. The van der Waals surface area contributed by atoms with Gasteiger partial charge in [-0.05, 0) is 54.8 Å². The molecule has 0 saturated heterocycles. The van der Waals surface area contributed by atoms with E-state index in [9.17, 15) is 13.2 Å². The van der Waals surface area contributed by atoms with Gasteiger partial charge in [-0.3, -0.25) is 4.72 Å². The Hall–Kier alpha value is -3.33. The van der Waals surface area contributed by atoms with E-state index in [1.54, 1.807) is 24.3 Å². The highest BCUT2D eigenvalue weighted by molar-refractivity contribution is 7.91. The fourth-order valence-electron chi connectivity index (χ4n) is 2.62. The number of carbonyl (C=O) groups excluding carboxylic acids is 1. The van der Waals surface area contributed by atoms with E-state index in [1.165, 1.54) is 12.6 Å². The summed E-state index contributed by atoms with van der Waals surface area (Å²) >= 11 is 0. The molecule has 0 atom stereocenters. The van der Waals surface area contributed by atoms with E-state index >= 15 is 0 Å². The van der Waals surface area contributed by atoms with Crippen LogP contribution in [0.4, 0.5) is 16.2 Å². The van der Waals surface area contributed by atoms with Crippen molar-refractivity contribution in [2.45, 2.75) is 26.1 Å². The highest BCUT2D eigenvalue weighted by Gasteiger charge is 2.12. The van der Waals surface area contributed by atoms with Crippen LogP contribution in [0.5, 0.6) is 0 Å². The minimum atomic E-state index is -3.55. The van der Waals surface area contributed by atoms with Crippen molar-refractivity contribution in [3.8, 4) is 0 Å². The number of nitrogens with zero attached hydrogens (tertiary/aromatic N) is 1. The maximum Gasteiger partial charge on any atom is 0.319 e. The summed E-state index contributed by atoms with van der Waals surface area (Å²) < 4.78 is 32.4. The SMILES string of the molecule is Cc1ccc(CS(=O)(=O)Nc2ccc(NC(=O)NCc3cnco3)cc2)cc1C. The second-order valence-electron chi connectivity index (χ2n) is 6.63. The molecule has 0 aliphatic carbocycles. The number of hydrogen-bond acceptors (Lipinski definition) is 5. The summed E-state index contributed by atoms with van der Waals surface area (Å²) in [5.41, 5.74) is 3.84. The molecule has 0 fully saturated rings. The van der Waals surface area contributed by atoms with Crippen LogP contribution in [-0.2, 0) is 22.3 Å². The molecule has 0 unspecified atom stereocenters. The molecule has 3 rings (SSSR count). The summed E-state index contributed by atoms with van der Waals surface area (Å²) in [5, 5.41) is 5.28. The van der Waals surface area contributed by atoms with E-state index in [2.05, 4.69) is 20.3 Å². The van der Waals surface area contributed by atoms with Crippen molar-refractivity contribution in [2.24, 2.45) is 0 Å². The third kappa shape index (κ3) is 6.08. The number of urea groups is 1. The summed E-state index contributed by atoms with van der Waals surface area (Å²) in [7, 11) is -3.55. The van der Waals surface area contributed by atoms with Gasteiger partial charge in [-0.25, -0.2) is 18.2 Å². The monoisotopic (exact) mass is 414 g/mol. The van der Waals surface area contributed by atoms with Gasteiger partial charge in [0.2, 0.25) is 10.0 Å². The Balaban J connectivity index is 1.54. The molecule has 29 heavy (non-hydrogen) atoms. The van der Waals surface area contributed by atoms with Crippen molar-refractivity contribution in [1.29, 1.82) is 0 Å². The van der Waals surface area contributed by atoms with Gasteiger partial charge in [0.25, 0.3) is 0 Å². The summed E-state index contributed by atoms with van der Waals surface area (Å²) in [6.07, 6.45) is 2.80. The van der Waals surface area contributed by atoms with Gasteiger partial charge in [-0.15, -0.1) is 0 Å². The van der Waals surface area contributed by atoms with E-state index < -0.39 is 16.1 Å². The molecule has 152 valence electrons. The molecule has 3 aromatic rings. The first-order chi connectivity index (χ1) is 13.8. The number of rotatable bonds is 7. The molecule has 2 amide bonds. The van der Waals surface area contributed by atoms with E-state index in [0.29, 0.717) is 17.1 Å². The van der Waals surface area contributed by atoms with Gasteiger partial charge < -0.3 is 15.1 Å². The minimum Gasteiger partial charge on any atom is -0.447 e. The third-order valence-electron chi connectivity index (χ3n) is 4.25. The predicted molar refractivity (Wildman–Crippen MR) is 111 cm³/mol. The van der Waals surface area contributed by atoms with Crippen molar-refractivity contribution in [3.63, 3.8) is 0 Å². The fourth-order valence-corrected chi connectivity index (χ4v) is 3.81. The lowest BCUT2D eigenvalue weighted by molar-refractivity contribution is 0.251. The van der Waals surface area contributed by atoms with Crippen LogP contribution < -0.4 is 15.4 Å². The summed E-state index contributed by atoms with van der Waals surface area (Å²) in [5.74, 6) is 0.423. The van der Waals surface area contributed by atoms with E-state index in [-0.39, 0.29) is 12.3 Å². The van der Waals surface area contributed by atoms with Gasteiger partial charge >= 0.3 is 6.03 Å². The Morgan fingerprint density at radius 2 is 1.76 bits per heavy atom. The maximum atomic E-state index is 12.4. The zero-order chi connectivity index (χ0) is 20.9. The van der Waals surface area contributed by atoms with Crippen molar-refractivity contribution in [3.05, 3.63) is 77.5 Å². The van der Waals surface area contributed by atoms with Crippen LogP contribution in [0.3, 0.4) is 0 Å². The van der Waals surface area contributed by atoms with Crippen LogP contribution in [0, 0.1) is 13.8 Å². The second kappa shape index (κ2) is 8.78. The Labute approximate surface area is 169 Å². The molecular formula is C20H22N4O4S. The third-order valence-corrected chi connectivity index (χ3v) is 5.51. The Morgan fingerprint density at radius 3 is 2.41 bits per heavy atom. The van der Waals surface area contributed by atoms with Crippen molar-refractivity contribution in [2.75, 3.05) is 10.0 Å². The summed E-state index contributed by atoms with van der Waals surface area (Å²) in [6, 6.07) is 11.6. The molecule has 0 aliphatic heterocycles. The highest BCUT2D eigenvalue weighted by Crippen LogP contribution is 2.18. The Kier molecular flexibility index (Phi) is 6.18. The number of amides is 2. The van der Waals surface area contributed by atoms with Crippen molar-refractivity contribution < 1.29 is 17.6 Å². The Morgan fingerprint density at radius 1 is 1.03 bits per heavy atom. The molecule has 9 heteroatoms. The molecule has 0 bridgehead atoms. The number of aromatic nitrogens is 1. The number of oxazole rings is 1. The van der Waals surface area contributed by atoms with Crippen LogP contribution in [0.2, 0.25) is 0 Å². The van der Waals surface area contributed by atoms with Crippen molar-refractivity contribution >= 4 is 27.4 Å². The lowest BCUT2D eigenvalue weighted by Gasteiger charge is -2.11. The number of aryl methyl sites for hydroxylation is 2. The van der Waals surface area contributed by atoms with E-state index in [1.807, 2.05) is 32.0 Å². The van der Waals surface area contributed by atoms with Gasteiger partial charge in [-0.2, -0.15) is 0 Å². The number of hydrogen-bond donors (Lipinski definition) is 3. The summed E-state index contributed by atoms with van der Waals surface area (Å²) in [6.45, 7) is 4.14. The smallest absolute Gasteiger partial charge is 0.319 e. The van der Waals surface area contributed by atoms with E-state index in [4.69, 9.17) is 4.42 Å². The molecular weight excluding hydrogens is 392 g/mol. The lowest BCUT2D eigenvalue weighted by atomic mass is 10.1. The molecule has 0 saturated carbocycles. The van der Waals surface area contributed by atoms with Crippen LogP contribution in [-0.4, -0.2) is 19.4 Å². The standard InChI is InChI=1S/C20H22N4O4S/c1-14-3-4-16(9-15(14)2)12-29(26,27)24-18-7-5-17(6-8-18)23-20(25)22-11-19-10-21-13-28-19/h3-10,13,24H,11-12H2,1-2H3,(H2,22,23,25). The zero-order valence-corrected chi connectivity index (χ0v) is 16.9. The van der Waals surface area contributed by atoms with Gasteiger partial charge in [0, 0.05) is 11.4 Å². The van der Waals surface area contributed by atoms with Crippen LogP contribution in [0.1, 0.15) is 22.5 Å². The topological polar surface area (TPSA) is 113 Å². The zero-order valence-electron chi connectivity index (χ0n) is 16.1. The van der Waals surface area contributed by atoms with Crippen LogP contribution in [0.15, 0.2) is 59.5 Å². The number of sulfonamides is 1. The molecule has 3 N–H and O–H groups in total. The van der Waals surface area contributed by atoms with Crippen LogP contribution in [0.25, 0.3) is 0 Å². The number of nitrogens with one attached hydrogen (secondary N) is 3. The molecule has 1 heterocycles. The van der Waals surface area contributed by atoms with E-state index in [0.717, 1.165) is 16.7 Å². The quantitative estimate of drug-likeness (QED) is 0.547. The number of benzene rings is 2. The molecule has 0 aliphatic rings. The maximum absolute atomic E-state index is 12.4. The molecule has 8 nitrogen and oxygen atoms in total. The largest absolute Gasteiger partial charge is 0.447 e. The summed E-state index contributed by atoms with van der Waals surface area (Å²) in [4.78, 5) is 15.6. The Bertz CT molecular complexity index is 1080. The average Bonchev–Trinajstić information content (AvgIpc) is 3.18. The first kappa shape index (κ1) is 20.4. The molecule has 0 spiro atoms. The first-order valence-corrected chi connectivity index (χ1v) is 10.5. The van der Waals surface area contributed by atoms with Gasteiger partial charge in [0.05, 0.1) is 18.5 Å². The molecule has 2 aromatic carbocycles. The van der Waals surface area contributed by atoms with Gasteiger partial charge in [-0.1, -0.05) is 18.2 Å². The predicted octanol–water partition coefficient (Wildman–Crippen LogP) is 3.56. The minimum absolute atomic E-state index is 0.113. The lowest BCUT2D eigenvalue weighted by Crippen LogP contribution is -2.28. The fraction of sp³-hybridized carbons (Fsp3) is 0.200. The van der Waals surface area contributed by atoms with Gasteiger partial charge in [0.1, 0.15) is 5.76 Å². The molecule has 0 radical (unpaired) electrons. The average molecular weight is 414 g/mol. The van der Waals surface area contributed by atoms with Crippen LogP contribution >= 0.6 is 0 Å². The number of carbonyl (C=O) groups is 1. The highest BCUT2D eigenvalue weighted by atomic mass is 32.2. The molecule has 1 aromatic heterocycles. The van der Waals surface area contributed by atoms with Gasteiger partial charge in [0.15, 0.2) is 6.39 Å². The van der Waals surface area contributed by atoms with Crippen molar-refractivity contribution in [1.82, 2.24) is 10.3 Å².